The van der Waals surface area contributed by atoms with E-state index < -0.39 is 0 Å². The number of tetrazole rings is 1. The summed E-state index contributed by atoms with van der Waals surface area (Å²) in [5.41, 5.74) is 4.53. The molecule has 4 rings (SSSR count). The van der Waals surface area contributed by atoms with Crippen molar-refractivity contribution in [1.82, 2.24) is 20.2 Å². The minimum Gasteiger partial charge on any atom is -0.324 e. The van der Waals surface area contributed by atoms with Gasteiger partial charge in [-0.25, -0.2) is 0 Å². The molecular formula is C21H22N6O2S. The van der Waals surface area contributed by atoms with Crippen LogP contribution in [0.5, 0.6) is 0 Å². The van der Waals surface area contributed by atoms with Crippen molar-refractivity contribution in [2.24, 2.45) is 0 Å². The first-order valence-corrected chi connectivity index (χ1v) is 10.6. The summed E-state index contributed by atoms with van der Waals surface area (Å²) in [4.78, 5) is 27.0. The molecule has 2 aromatic carbocycles. The molecule has 30 heavy (non-hydrogen) atoms. The van der Waals surface area contributed by atoms with Crippen LogP contribution >= 0.6 is 11.8 Å². The van der Waals surface area contributed by atoms with Gasteiger partial charge in [-0.1, -0.05) is 30.0 Å². The molecule has 0 aliphatic carbocycles. The molecule has 1 aromatic heterocycles. The maximum Gasteiger partial charge on any atom is 0.237 e. The van der Waals surface area contributed by atoms with Crippen LogP contribution in [-0.2, 0) is 9.59 Å². The zero-order valence-electron chi connectivity index (χ0n) is 17.0. The number of nitrogens with one attached hydrogen (secondary N) is 1. The third-order valence-electron chi connectivity index (χ3n) is 5.13. The highest BCUT2D eigenvalue weighted by molar-refractivity contribution is 7.99. The van der Waals surface area contributed by atoms with Gasteiger partial charge in [0.05, 0.1) is 22.8 Å². The van der Waals surface area contributed by atoms with E-state index in [1.54, 1.807) is 15.6 Å². The average Bonchev–Trinajstić information content (AvgIpc) is 3.13. The molecule has 2 amide bonds. The molecule has 1 N–H and O–H groups in total. The Morgan fingerprint density at radius 1 is 1.20 bits per heavy atom. The fourth-order valence-electron chi connectivity index (χ4n) is 3.45. The molecule has 0 saturated carbocycles. The molecule has 3 aromatic rings. The summed E-state index contributed by atoms with van der Waals surface area (Å²) in [7, 11) is 0. The summed E-state index contributed by atoms with van der Waals surface area (Å²) >= 11 is 1.27. The lowest BCUT2D eigenvalue weighted by Gasteiger charge is -2.27. The molecule has 154 valence electrons. The average molecular weight is 423 g/mol. The van der Waals surface area contributed by atoms with Crippen molar-refractivity contribution in [2.75, 3.05) is 16.0 Å². The number of nitrogens with zero attached hydrogens (tertiary/aromatic N) is 5. The van der Waals surface area contributed by atoms with Gasteiger partial charge in [-0.3, -0.25) is 9.59 Å². The molecule has 8 nitrogen and oxygen atoms in total. The van der Waals surface area contributed by atoms with Gasteiger partial charge in [-0.15, -0.1) is 5.10 Å². The van der Waals surface area contributed by atoms with Crippen molar-refractivity contribution in [3.05, 3.63) is 53.6 Å². The van der Waals surface area contributed by atoms with Gasteiger partial charge in [0, 0.05) is 12.5 Å². The minimum atomic E-state index is -0.252. The molecule has 1 unspecified atom stereocenters. The van der Waals surface area contributed by atoms with E-state index in [0.717, 1.165) is 11.3 Å². The van der Waals surface area contributed by atoms with Gasteiger partial charge in [0.15, 0.2) is 0 Å². The molecule has 0 radical (unpaired) electrons. The minimum absolute atomic E-state index is 0.100. The second-order valence-corrected chi connectivity index (χ2v) is 8.26. The number of rotatable bonds is 4. The molecule has 0 spiro atoms. The number of hydrogen-bond acceptors (Lipinski definition) is 6. The second-order valence-electron chi connectivity index (χ2n) is 7.31. The largest absolute Gasteiger partial charge is 0.324 e. The van der Waals surface area contributed by atoms with Crippen LogP contribution in [0.3, 0.4) is 0 Å². The van der Waals surface area contributed by atoms with Crippen LogP contribution < -0.4 is 10.2 Å². The number of thioether (sulfide) groups is 1. The lowest BCUT2D eigenvalue weighted by molar-refractivity contribution is -0.117. The van der Waals surface area contributed by atoms with Crippen LogP contribution in [0.2, 0.25) is 0 Å². The van der Waals surface area contributed by atoms with E-state index in [-0.39, 0.29) is 30.0 Å². The molecule has 9 heteroatoms. The first-order chi connectivity index (χ1) is 14.4. The van der Waals surface area contributed by atoms with Gasteiger partial charge < -0.3 is 10.2 Å². The van der Waals surface area contributed by atoms with Crippen molar-refractivity contribution < 1.29 is 9.59 Å². The molecular weight excluding hydrogens is 400 g/mol. The van der Waals surface area contributed by atoms with E-state index in [1.807, 2.05) is 57.2 Å². The zero-order valence-corrected chi connectivity index (χ0v) is 17.8. The Morgan fingerprint density at radius 3 is 2.80 bits per heavy atom. The molecule has 1 atom stereocenters. The summed E-state index contributed by atoms with van der Waals surface area (Å²) in [5.74, 6) is -0.0550. The number of hydrogen-bond donors (Lipinski definition) is 1. The Bertz CT molecular complexity index is 1110. The van der Waals surface area contributed by atoms with Crippen molar-refractivity contribution in [3.63, 3.8) is 0 Å². The Labute approximate surface area is 178 Å². The molecule has 2 heterocycles. The predicted molar refractivity (Wildman–Crippen MR) is 116 cm³/mol. The van der Waals surface area contributed by atoms with Crippen LogP contribution in [0.1, 0.15) is 24.5 Å². The number of aromatic nitrogens is 4. The summed E-state index contributed by atoms with van der Waals surface area (Å²) in [6.45, 7) is 5.96. The van der Waals surface area contributed by atoms with E-state index in [1.165, 1.54) is 17.3 Å². The number of benzene rings is 2. The number of carbonyl (C=O) groups excluding carboxylic acids is 2. The van der Waals surface area contributed by atoms with E-state index in [0.29, 0.717) is 16.5 Å². The van der Waals surface area contributed by atoms with Gasteiger partial charge in [-0.05, 0) is 66.6 Å². The second kappa shape index (κ2) is 8.27. The smallest absolute Gasteiger partial charge is 0.237 e. The normalized spacial score (nSPS) is 16.0. The number of amides is 2. The summed E-state index contributed by atoms with van der Waals surface area (Å²) in [5, 5.41) is 15.4. The first-order valence-electron chi connectivity index (χ1n) is 9.64. The Kier molecular flexibility index (Phi) is 5.54. The van der Waals surface area contributed by atoms with Gasteiger partial charge in [0.25, 0.3) is 0 Å². The summed E-state index contributed by atoms with van der Waals surface area (Å²) < 4.78 is 1.63. The number of anilines is 2. The predicted octanol–water partition coefficient (Wildman–Crippen LogP) is 3.14. The number of para-hydroxylation sites is 2. The monoisotopic (exact) mass is 422 g/mol. The van der Waals surface area contributed by atoms with Crippen molar-refractivity contribution >= 4 is 35.0 Å². The fraction of sp³-hybridized carbons (Fsp3) is 0.286. The fourth-order valence-corrected chi connectivity index (χ4v) is 4.20. The van der Waals surface area contributed by atoms with Crippen molar-refractivity contribution in [1.29, 1.82) is 0 Å². The van der Waals surface area contributed by atoms with Crippen LogP contribution in [0.15, 0.2) is 47.6 Å². The standard InChI is InChI=1S/C21H22N6O2S/c1-13-8-9-16(10-14(13)2)27-21(23-24-25-27)30-12-20(29)26-15(3)11-19(28)22-17-6-4-5-7-18(17)26/h4-10,15H,11-12H2,1-3H3,(H,22,28). The van der Waals surface area contributed by atoms with Gasteiger partial charge in [0.2, 0.25) is 17.0 Å². The number of aryl methyl sites for hydroxylation is 2. The molecule has 1 aliphatic heterocycles. The molecule has 0 bridgehead atoms. The third kappa shape index (κ3) is 3.93. The van der Waals surface area contributed by atoms with Crippen molar-refractivity contribution in [2.45, 2.75) is 38.4 Å². The van der Waals surface area contributed by atoms with Crippen LogP contribution in [0.4, 0.5) is 11.4 Å². The van der Waals surface area contributed by atoms with E-state index in [2.05, 4.69) is 20.8 Å². The van der Waals surface area contributed by atoms with Gasteiger partial charge in [0.1, 0.15) is 0 Å². The highest BCUT2D eigenvalue weighted by Gasteiger charge is 2.29. The van der Waals surface area contributed by atoms with Crippen LogP contribution in [0.25, 0.3) is 5.69 Å². The maximum absolute atomic E-state index is 13.2. The maximum atomic E-state index is 13.2. The number of fused-ring (bicyclic) bond motifs is 1. The molecule has 0 fully saturated rings. The lowest BCUT2D eigenvalue weighted by Crippen LogP contribution is -2.40. The van der Waals surface area contributed by atoms with E-state index in [9.17, 15) is 9.59 Å². The Hall–Kier alpha value is -3.20. The topological polar surface area (TPSA) is 93.0 Å². The highest BCUT2D eigenvalue weighted by Crippen LogP contribution is 2.32. The quantitative estimate of drug-likeness (QED) is 0.650. The first kappa shape index (κ1) is 20.1. The third-order valence-corrected chi connectivity index (χ3v) is 6.03. The zero-order chi connectivity index (χ0) is 21.3. The van der Waals surface area contributed by atoms with Crippen LogP contribution in [-0.4, -0.2) is 43.8 Å². The molecule has 1 aliphatic rings. The summed E-state index contributed by atoms with van der Waals surface area (Å²) in [6.07, 6.45) is 0.242. The Morgan fingerprint density at radius 2 is 2.00 bits per heavy atom. The molecule has 0 saturated heterocycles. The van der Waals surface area contributed by atoms with Gasteiger partial charge >= 0.3 is 0 Å². The summed E-state index contributed by atoms with van der Waals surface area (Å²) in [6, 6.07) is 13.1. The van der Waals surface area contributed by atoms with E-state index >= 15 is 0 Å². The Balaban J connectivity index is 1.55. The highest BCUT2D eigenvalue weighted by atomic mass is 32.2. The number of carbonyl (C=O) groups is 2. The van der Waals surface area contributed by atoms with Crippen LogP contribution in [0, 0.1) is 13.8 Å². The van der Waals surface area contributed by atoms with Gasteiger partial charge in [-0.2, -0.15) is 4.68 Å². The van der Waals surface area contributed by atoms with E-state index in [4.69, 9.17) is 0 Å². The lowest BCUT2D eigenvalue weighted by atomic mass is 10.1. The SMILES string of the molecule is Cc1ccc(-n2nnnc2SCC(=O)N2c3ccccc3NC(=O)CC2C)cc1C. The van der Waals surface area contributed by atoms with Crippen molar-refractivity contribution in [3.8, 4) is 5.69 Å².